The number of hydrazine groups is 1. The van der Waals surface area contributed by atoms with Crippen molar-refractivity contribution in [2.45, 2.75) is 25.8 Å². The summed E-state index contributed by atoms with van der Waals surface area (Å²) in [7, 11) is 1.27. The van der Waals surface area contributed by atoms with Crippen LogP contribution >= 0.6 is 0 Å². The average Bonchev–Trinajstić information content (AvgIpc) is 3.39. The van der Waals surface area contributed by atoms with E-state index < -0.39 is 17.4 Å². The van der Waals surface area contributed by atoms with Crippen LogP contribution in [-0.4, -0.2) is 54.7 Å². The summed E-state index contributed by atoms with van der Waals surface area (Å²) in [4.78, 5) is 46.9. The number of aromatic nitrogens is 1. The first-order valence-electron chi connectivity index (χ1n) is 14.1. The Morgan fingerprint density at radius 2 is 1.62 bits per heavy atom. The van der Waals surface area contributed by atoms with Crippen LogP contribution < -0.4 is 10.4 Å². The molecule has 2 saturated heterocycles. The second kappa shape index (κ2) is 11.6. The molecule has 9 nitrogen and oxygen atoms in total. The number of ether oxygens (including phenoxy) is 2. The number of benzene rings is 3. The van der Waals surface area contributed by atoms with Gasteiger partial charge in [0.05, 0.1) is 41.6 Å². The zero-order chi connectivity index (χ0) is 29.1. The second-order valence-corrected chi connectivity index (χ2v) is 10.7. The van der Waals surface area contributed by atoms with E-state index in [1.165, 1.54) is 7.11 Å². The fourth-order valence-electron chi connectivity index (χ4n) is 5.95. The number of para-hydroxylation sites is 2. The van der Waals surface area contributed by atoms with E-state index in [0.29, 0.717) is 66.9 Å². The van der Waals surface area contributed by atoms with Gasteiger partial charge >= 0.3 is 12.1 Å². The minimum Gasteiger partial charge on any atom is -0.465 e. The van der Waals surface area contributed by atoms with Crippen LogP contribution in [0.25, 0.3) is 22.2 Å². The van der Waals surface area contributed by atoms with Crippen molar-refractivity contribution >= 4 is 34.6 Å². The van der Waals surface area contributed by atoms with Crippen LogP contribution in [0.4, 0.5) is 10.5 Å². The Bertz CT molecular complexity index is 1620. The number of rotatable bonds is 5. The Morgan fingerprint density at radius 1 is 0.952 bits per heavy atom. The number of nitrogens with one attached hydrogen (secondary N) is 1. The standard InChI is InChI=1S/C33H32N4O5/c1-41-32(40)37(24-12-6-3-7-13-24)35-30(38)28-25-14-8-9-15-27(25)34-29(23-10-4-2-5-11-23)26(28)22-36-19-16-33(17-20-36)18-21-42-31(33)39/h2-15H,16-22H2,1H3,(H,35,38). The summed E-state index contributed by atoms with van der Waals surface area (Å²) < 4.78 is 10.3. The first-order valence-corrected chi connectivity index (χ1v) is 14.1. The normalized spacial score (nSPS) is 16.3. The smallest absolute Gasteiger partial charge is 0.433 e. The van der Waals surface area contributed by atoms with Crippen LogP contribution in [-0.2, 0) is 20.8 Å². The Balaban J connectivity index is 1.44. The van der Waals surface area contributed by atoms with E-state index in [0.717, 1.165) is 22.6 Å². The van der Waals surface area contributed by atoms with Gasteiger partial charge in [-0.2, -0.15) is 5.01 Å². The maximum Gasteiger partial charge on any atom is 0.433 e. The maximum absolute atomic E-state index is 14.3. The van der Waals surface area contributed by atoms with Gasteiger partial charge in [0.2, 0.25) is 0 Å². The number of piperidine rings is 1. The lowest BCUT2D eigenvalue weighted by atomic mass is 9.77. The number of hydrogen-bond acceptors (Lipinski definition) is 7. The van der Waals surface area contributed by atoms with Gasteiger partial charge in [-0.05, 0) is 50.6 Å². The Kier molecular flexibility index (Phi) is 7.58. The Morgan fingerprint density at radius 3 is 2.29 bits per heavy atom. The molecule has 0 radical (unpaired) electrons. The summed E-state index contributed by atoms with van der Waals surface area (Å²) in [6.07, 6.45) is 1.45. The molecule has 9 heteroatoms. The van der Waals surface area contributed by atoms with E-state index in [1.54, 1.807) is 24.3 Å². The monoisotopic (exact) mass is 564 g/mol. The fraction of sp³-hybridized carbons (Fsp3) is 0.273. The zero-order valence-electron chi connectivity index (χ0n) is 23.4. The van der Waals surface area contributed by atoms with Crippen LogP contribution in [0.3, 0.4) is 0 Å². The van der Waals surface area contributed by atoms with Crippen molar-refractivity contribution in [1.29, 1.82) is 0 Å². The van der Waals surface area contributed by atoms with Crippen molar-refractivity contribution in [2.24, 2.45) is 5.41 Å². The maximum atomic E-state index is 14.3. The van der Waals surface area contributed by atoms with Gasteiger partial charge < -0.3 is 9.47 Å². The molecular formula is C33H32N4O5. The molecule has 6 rings (SSSR count). The average molecular weight is 565 g/mol. The molecule has 1 aromatic heterocycles. The minimum absolute atomic E-state index is 0.0941. The largest absolute Gasteiger partial charge is 0.465 e. The molecule has 0 unspecified atom stereocenters. The first kappa shape index (κ1) is 27.4. The molecule has 3 heterocycles. The van der Waals surface area contributed by atoms with Gasteiger partial charge in [0.25, 0.3) is 5.91 Å². The molecule has 0 saturated carbocycles. The zero-order valence-corrected chi connectivity index (χ0v) is 23.4. The molecule has 3 aromatic carbocycles. The predicted octanol–water partition coefficient (Wildman–Crippen LogP) is 5.35. The van der Waals surface area contributed by atoms with E-state index in [1.807, 2.05) is 60.7 Å². The number of methoxy groups -OCH3 is 1. The molecule has 2 fully saturated rings. The number of esters is 1. The lowest BCUT2D eigenvalue weighted by molar-refractivity contribution is -0.148. The van der Waals surface area contributed by atoms with Crippen molar-refractivity contribution < 1.29 is 23.9 Å². The van der Waals surface area contributed by atoms with Gasteiger partial charge in [0.15, 0.2) is 0 Å². The number of fused-ring (bicyclic) bond motifs is 1. The number of amides is 2. The summed E-state index contributed by atoms with van der Waals surface area (Å²) in [6.45, 7) is 2.30. The van der Waals surface area contributed by atoms with Gasteiger partial charge in [-0.1, -0.05) is 66.7 Å². The fourth-order valence-corrected chi connectivity index (χ4v) is 5.95. The van der Waals surface area contributed by atoms with Gasteiger partial charge in [-0.15, -0.1) is 0 Å². The first-order chi connectivity index (χ1) is 20.5. The number of likely N-dealkylation sites (tertiary alicyclic amines) is 1. The number of anilines is 1. The minimum atomic E-state index is -0.720. The topological polar surface area (TPSA) is 101 Å². The van der Waals surface area contributed by atoms with E-state index in [2.05, 4.69) is 10.3 Å². The predicted molar refractivity (Wildman–Crippen MR) is 158 cm³/mol. The van der Waals surface area contributed by atoms with Crippen molar-refractivity contribution in [1.82, 2.24) is 15.3 Å². The highest BCUT2D eigenvalue weighted by Gasteiger charge is 2.46. The highest BCUT2D eigenvalue weighted by molar-refractivity contribution is 6.10. The van der Waals surface area contributed by atoms with Crippen LogP contribution in [0.5, 0.6) is 0 Å². The molecule has 1 N–H and O–H groups in total. The SMILES string of the molecule is COC(=O)N(NC(=O)c1c(CN2CCC3(CCOC3=O)CC2)c(-c2ccccc2)nc2ccccc12)c1ccccc1. The van der Waals surface area contributed by atoms with E-state index in [4.69, 9.17) is 14.5 Å². The third-order valence-corrected chi connectivity index (χ3v) is 8.29. The van der Waals surface area contributed by atoms with Gasteiger partial charge in [0.1, 0.15) is 0 Å². The molecule has 0 aliphatic carbocycles. The number of nitrogens with zero attached hydrogens (tertiary/aromatic N) is 3. The van der Waals surface area contributed by atoms with Crippen molar-refractivity contribution in [3.63, 3.8) is 0 Å². The van der Waals surface area contributed by atoms with E-state index in [-0.39, 0.29) is 5.97 Å². The van der Waals surface area contributed by atoms with E-state index in [9.17, 15) is 14.4 Å². The molecule has 2 aliphatic heterocycles. The summed E-state index contributed by atoms with van der Waals surface area (Å²) in [5, 5.41) is 1.79. The third kappa shape index (κ3) is 5.19. The molecule has 2 amide bonds. The van der Waals surface area contributed by atoms with Crippen molar-refractivity contribution in [3.05, 3.63) is 96.1 Å². The van der Waals surface area contributed by atoms with Crippen LogP contribution in [0.2, 0.25) is 0 Å². The number of cyclic esters (lactones) is 1. The second-order valence-electron chi connectivity index (χ2n) is 10.7. The molecule has 4 aromatic rings. The molecule has 214 valence electrons. The highest BCUT2D eigenvalue weighted by Crippen LogP contribution is 2.41. The van der Waals surface area contributed by atoms with Gasteiger partial charge in [0, 0.05) is 23.1 Å². The number of carbonyl (C=O) groups excluding carboxylic acids is 3. The summed E-state index contributed by atoms with van der Waals surface area (Å²) in [5.41, 5.74) is 6.30. The van der Waals surface area contributed by atoms with Gasteiger partial charge in [-0.25, -0.2) is 9.78 Å². The molecular weight excluding hydrogens is 532 g/mol. The summed E-state index contributed by atoms with van der Waals surface area (Å²) in [5.74, 6) is -0.550. The molecule has 42 heavy (non-hydrogen) atoms. The number of carbonyl (C=O) groups is 3. The molecule has 2 aliphatic rings. The molecule has 0 bridgehead atoms. The molecule has 1 spiro atoms. The number of hydrogen-bond donors (Lipinski definition) is 1. The quantitative estimate of drug-likeness (QED) is 0.258. The highest BCUT2D eigenvalue weighted by atomic mass is 16.5. The van der Waals surface area contributed by atoms with Gasteiger partial charge in [-0.3, -0.25) is 19.9 Å². The van der Waals surface area contributed by atoms with Crippen LogP contribution in [0.15, 0.2) is 84.9 Å². The Hall–Kier alpha value is -4.76. The van der Waals surface area contributed by atoms with E-state index >= 15 is 0 Å². The van der Waals surface area contributed by atoms with Crippen molar-refractivity contribution in [2.75, 3.05) is 31.8 Å². The van der Waals surface area contributed by atoms with Crippen LogP contribution in [0, 0.1) is 5.41 Å². The number of pyridine rings is 1. The molecule has 0 atom stereocenters. The summed E-state index contributed by atoms with van der Waals surface area (Å²) in [6, 6.07) is 26.1. The summed E-state index contributed by atoms with van der Waals surface area (Å²) >= 11 is 0. The van der Waals surface area contributed by atoms with Crippen LogP contribution in [0.1, 0.15) is 35.2 Å². The Labute approximate surface area is 244 Å². The third-order valence-electron chi connectivity index (χ3n) is 8.29. The lowest BCUT2D eigenvalue weighted by Gasteiger charge is -2.37. The lowest BCUT2D eigenvalue weighted by Crippen LogP contribution is -2.47. The van der Waals surface area contributed by atoms with Crippen molar-refractivity contribution in [3.8, 4) is 11.3 Å².